The average Bonchev–Trinajstić information content (AvgIpc) is 3.20. The SMILES string of the molecule is CCN1CC[C@H](Nc2nc(N[C@H](C)C(C)(C)O)nc3c2ncn3CC)C1. The minimum atomic E-state index is -0.871. The molecule has 26 heavy (non-hydrogen) atoms. The molecular weight excluding hydrogens is 330 g/mol. The van der Waals surface area contributed by atoms with Crippen molar-refractivity contribution in [2.75, 3.05) is 30.3 Å². The number of rotatable bonds is 7. The number of hydrogen-bond donors (Lipinski definition) is 3. The fourth-order valence-corrected chi connectivity index (χ4v) is 3.14. The number of aryl methyl sites for hydroxylation is 1. The van der Waals surface area contributed by atoms with Gasteiger partial charge in [-0.15, -0.1) is 0 Å². The minimum Gasteiger partial charge on any atom is -0.388 e. The molecule has 0 unspecified atom stereocenters. The maximum Gasteiger partial charge on any atom is 0.227 e. The zero-order chi connectivity index (χ0) is 18.9. The van der Waals surface area contributed by atoms with Gasteiger partial charge in [0.2, 0.25) is 5.95 Å². The maximum absolute atomic E-state index is 10.2. The lowest BCUT2D eigenvalue weighted by molar-refractivity contribution is 0.0646. The fourth-order valence-electron chi connectivity index (χ4n) is 3.14. The zero-order valence-corrected chi connectivity index (χ0v) is 16.5. The largest absolute Gasteiger partial charge is 0.388 e. The van der Waals surface area contributed by atoms with Crippen LogP contribution in [-0.2, 0) is 6.54 Å². The highest BCUT2D eigenvalue weighted by molar-refractivity contribution is 5.84. The lowest BCUT2D eigenvalue weighted by Crippen LogP contribution is -2.40. The van der Waals surface area contributed by atoms with E-state index in [0.717, 1.165) is 49.6 Å². The first-order valence-electron chi connectivity index (χ1n) is 9.52. The summed E-state index contributed by atoms with van der Waals surface area (Å²) in [6, 6.07) is 0.173. The van der Waals surface area contributed by atoms with Crippen molar-refractivity contribution >= 4 is 22.9 Å². The Bertz CT molecular complexity index is 752. The highest BCUT2D eigenvalue weighted by Gasteiger charge is 2.26. The first kappa shape index (κ1) is 18.8. The Kier molecular flexibility index (Phi) is 5.34. The van der Waals surface area contributed by atoms with Crippen LogP contribution >= 0.6 is 0 Å². The van der Waals surface area contributed by atoms with Crippen molar-refractivity contribution in [3.8, 4) is 0 Å². The van der Waals surface area contributed by atoms with Crippen molar-refractivity contribution in [2.24, 2.45) is 0 Å². The van der Waals surface area contributed by atoms with E-state index in [9.17, 15) is 5.11 Å². The summed E-state index contributed by atoms with van der Waals surface area (Å²) in [6.45, 7) is 13.7. The first-order valence-corrected chi connectivity index (χ1v) is 9.52. The summed E-state index contributed by atoms with van der Waals surface area (Å²) in [5, 5.41) is 17.0. The van der Waals surface area contributed by atoms with E-state index in [2.05, 4.69) is 44.3 Å². The van der Waals surface area contributed by atoms with Gasteiger partial charge in [-0.3, -0.25) is 0 Å². The third-order valence-electron chi connectivity index (χ3n) is 5.27. The summed E-state index contributed by atoms with van der Waals surface area (Å²) in [5.74, 6) is 1.27. The number of nitrogens with zero attached hydrogens (tertiary/aromatic N) is 5. The van der Waals surface area contributed by atoms with Gasteiger partial charge in [-0.25, -0.2) is 4.98 Å². The minimum absolute atomic E-state index is 0.187. The van der Waals surface area contributed by atoms with Gasteiger partial charge in [0.15, 0.2) is 17.0 Å². The average molecular weight is 361 g/mol. The lowest BCUT2D eigenvalue weighted by atomic mass is 10.0. The van der Waals surface area contributed by atoms with Crippen LogP contribution in [0.2, 0.25) is 0 Å². The third kappa shape index (κ3) is 3.91. The van der Waals surface area contributed by atoms with Gasteiger partial charge < -0.3 is 25.2 Å². The molecule has 1 aliphatic rings. The molecule has 2 aromatic rings. The Balaban J connectivity index is 1.91. The van der Waals surface area contributed by atoms with E-state index in [1.807, 2.05) is 11.5 Å². The second-order valence-electron chi connectivity index (χ2n) is 7.64. The van der Waals surface area contributed by atoms with E-state index >= 15 is 0 Å². The summed E-state index contributed by atoms with van der Waals surface area (Å²) >= 11 is 0. The molecule has 8 heteroatoms. The van der Waals surface area contributed by atoms with Crippen molar-refractivity contribution in [3.63, 3.8) is 0 Å². The Morgan fingerprint density at radius 1 is 1.31 bits per heavy atom. The molecule has 0 radical (unpaired) electrons. The Morgan fingerprint density at radius 2 is 2.08 bits per heavy atom. The Morgan fingerprint density at radius 3 is 2.69 bits per heavy atom. The lowest BCUT2D eigenvalue weighted by Gasteiger charge is -2.27. The van der Waals surface area contributed by atoms with Crippen molar-refractivity contribution in [3.05, 3.63) is 6.33 Å². The molecule has 2 aromatic heterocycles. The molecule has 0 bridgehead atoms. The monoisotopic (exact) mass is 361 g/mol. The summed E-state index contributed by atoms with van der Waals surface area (Å²) in [7, 11) is 0. The summed E-state index contributed by atoms with van der Waals surface area (Å²) in [4.78, 5) is 16.3. The Hall–Kier alpha value is -1.93. The van der Waals surface area contributed by atoms with Crippen LogP contribution in [0.1, 0.15) is 41.0 Å². The number of likely N-dealkylation sites (tertiary alicyclic amines) is 1. The van der Waals surface area contributed by atoms with Gasteiger partial charge in [-0.2, -0.15) is 9.97 Å². The number of fused-ring (bicyclic) bond motifs is 1. The van der Waals surface area contributed by atoms with E-state index in [-0.39, 0.29) is 6.04 Å². The number of aromatic nitrogens is 4. The van der Waals surface area contributed by atoms with Crippen molar-refractivity contribution in [1.82, 2.24) is 24.4 Å². The zero-order valence-electron chi connectivity index (χ0n) is 16.5. The molecule has 1 saturated heterocycles. The second kappa shape index (κ2) is 7.36. The number of likely N-dealkylation sites (N-methyl/N-ethyl adjacent to an activating group) is 1. The van der Waals surface area contributed by atoms with Crippen molar-refractivity contribution < 1.29 is 5.11 Å². The van der Waals surface area contributed by atoms with E-state index in [4.69, 9.17) is 0 Å². The van der Waals surface area contributed by atoms with E-state index in [1.165, 1.54) is 0 Å². The number of imidazole rings is 1. The molecule has 144 valence electrons. The number of aliphatic hydroxyl groups is 1. The summed E-state index contributed by atoms with van der Waals surface area (Å²) in [6.07, 6.45) is 2.90. The van der Waals surface area contributed by atoms with Gasteiger partial charge in [0.1, 0.15) is 0 Å². The first-order chi connectivity index (χ1) is 12.3. The molecule has 0 spiro atoms. The molecule has 3 N–H and O–H groups in total. The van der Waals surface area contributed by atoms with Crippen LogP contribution < -0.4 is 10.6 Å². The van der Waals surface area contributed by atoms with Crippen molar-refractivity contribution in [1.29, 1.82) is 0 Å². The molecular formula is C18H31N7O. The molecule has 3 heterocycles. The predicted octanol–water partition coefficient (Wildman–Crippen LogP) is 1.92. The number of anilines is 2. The highest BCUT2D eigenvalue weighted by atomic mass is 16.3. The van der Waals surface area contributed by atoms with Crippen LogP contribution in [0.15, 0.2) is 6.33 Å². The van der Waals surface area contributed by atoms with Gasteiger partial charge in [0.25, 0.3) is 0 Å². The molecule has 3 rings (SSSR count). The molecule has 8 nitrogen and oxygen atoms in total. The molecule has 0 aromatic carbocycles. The smallest absolute Gasteiger partial charge is 0.227 e. The van der Waals surface area contributed by atoms with Gasteiger partial charge in [-0.1, -0.05) is 6.92 Å². The second-order valence-corrected chi connectivity index (χ2v) is 7.64. The van der Waals surface area contributed by atoms with E-state index < -0.39 is 5.60 Å². The number of hydrogen-bond acceptors (Lipinski definition) is 7. The third-order valence-corrected chi connectivity index (χ3v) is 5.27. The quantitative estimate of drug-likeness (QED) is 0.694. The standard InChI is InChI=1S/C18H31N7O/c1-6-24-9-8-13(10-24)21-15-14-16(25(7-2)11-19-14)23-17(22-15)20-12(3)18(4,5)26/h11-13,26H,6-10H2,1-5H3,(H2,20,21,22,23)/t12-,13+/m1/s1. The molecule has 0 amide bonds. The van der Waals surface area contributed by atoms with Crippen molar-refractivity contribution in [2.45, 2.75) is 65.3 Å². The molecule has 0 aliphatic carbocycles. The Labute approximate surface area is 155 Å². The topological polar surface area (TPSA) is 91.1 Å². The van der Waals surface area contributed by atoms with Gasteiger partial charge in [-0.05, 0) is 40.7 Å². The summed E-state index contributed by atoms with van der Waals surface area (Å²) in [5.41, 5.74) is 0.730. The van der Waals surface area contributed by atoms with E-state index in [1.54, 1.807) is 20.2 Å². The maximum atomic E-state index is 10.2. The summed E-state index contributed by atoms with van der Waals surface area (Å²) < 4.78 is 2.01. The molecule has 1 fully saturated rings. The highest BCUT2D eigenvalue weighted by Crippen LogP contribution is 2.24. The van der Waals surface area contributed by atoms with Crippen LogP contribution in [0.4, 0.5) is 11.8 Å². The van der Waals surface area contributed by atoms with E-state index in [0.29, 0.717) is 12.0 Å². The number of nitrogens with one attached hydrogen (secondary N) is 2. The van der Waals surface area contributed by atoms with Crippen LogP contribution in [-0.4, -0.2) is 66.8 Å². The van der Waals surface area contributed by atoms with Crippen LogP contribution in [0, 0.1) is 0 Å². The van der Waals surface area contributed by atoms with Gasteiger partial charge in [0, 0.05) is 25.7 Å². The van der Waals surface area contributed by atoms with Crippen LogP contribution in [0.3, 0.4) is 0 Å². The molecule has 2 atom stereocenters. The normalized spacial score (nSPS) is 19.8. The van der Waals surface area contributed by atoms with Gasteiger partial charge >= 0.3 is 0 Å². The fraction of sp³-hybridized carbons (Fsp3) is 0.722. The molecule has 0 saturated carbocycles. The van der Waals surface area contributed by atoms with Crippen LogP contribution in [0.25, 0.3) is 11.2 Å². The molecule has 1 aliphatic heterocycles. The van der Waals surface area contributed by atoms with Gasteiger partial charge in [0.05, 0.1) is 18.0 Å². The van der Waals surface area contributed by atoms with Crippen LogP contribution in [0.5, 0.6) is 0 Å². The predicted molar refractivity (Wildman–Crippen MR) is 105 cm³/mol.